The van der Waals surface area contributed by atoms with Crippen molar-refractivity contribution in [3.05, 3.63) is 36.5 Å². The number of carbonyl (C=O) groups excluding carboxylic acids is 1. The van der Waals surface area contributed by atoms with Crippen LogP contribution in [0, 0.1) is 0 Å². The van der Waals surface area contributed by atoms with Crippen molar-refractivity contribution in [3.63, 3.8) is 0 Å². The van der Waals surface area contributed by atoms with Crippen molar-refractivity contribution in [2.45, 2.75) is 31.1 Å². The molecule has 0 bridgehead atoms. The molecule has 0 aromatic carbocycles. The lowest BCUT2D eigenvalue weighted by Gasteiger charge is -2.35. The van der Waals surface area contributed by atoms with Gasteiger partial charge in [0.15, 0.2) is 5.65 Å². The number of amides is 1. The van der Waals surface area contributed by atoms with Gasteiger partial charge in [-0.05, 0) is 38.1 Å². The molecule has 4 heterocycles. The summed E-state index contributed by atoms with van der Waals surface area (Å²) in [4.78, 5) is 18.7. The molecular weight excluding hydrogens is 364 g/mol. The summed E-state index contributed by atoms with van der Waals surface area (Å²) in [5, 5.41) is 13.6. The van der Waals surface area contributed by atoms with Crippen LogP contribution in [0.15, 0.2) is 41.6 Å². The smallest absolute Gasteiger partial charge is 0.233 e. The van der Waals surface area contributed by atoms with E-state index in [1.54, 1.807) is 10.7 Å². The number of hydrogen-bond acceptors (Lipinski definition) is 7. The Labute approximate surface area is 160 Å². The molecule has 1 saturated heterocycles. The molecule has 4 rings (SSSR count). The highest BCUT2D eigenvalue weighted by Crippen LogP contribution is 2.20. The van der Waals surface area contributed by atoms with Gasteiger partial charge in [-0.2, -0.15) is 9.61 Å². The van der Waals surface area contributed by atoms with Crippen molar-refractivity contribution in [3.8, 4) is 11.5 Å². The molecule has 2 atom stereocenters. The number of thioether (sulfide) groups is 1. The van der Waals surface area contributed by atoms with Crippen LogP contribution in [0.25, 0.3) is 17.2 Å². The number of fused-ring (bicyclic) bond motifs is 1. The third-order valence-electron chi connectivity index (χ3n) is 4.25. The van der Waals surface area contributed by atoms with Crippen molar-refractivity contribution in [1.29, 1.82) is 0 Å². The van der Waals surface area contributed by atoms with Crippen LogP contribution in [0.3, 0.4) is 0 Å². The predicted molar refractivity (Wildman–Crippen MR) is 101 cm³/mol. The number of morpholine rings is 1. The van der Waals surface area contributed by atoms with E-state index in [4.69, 9.17) is 4.74 Å². The van der Waals surface area contributed by atoms with E-state index < -0.39 is 0 Å². The third kappa shape index (κ3) is 3.93. The van der Waals surface area contributed by atoms with E-state index in [0.29, 0.717) is 36.0 Å². The fraction of sp³-hybridized carbons (Fsp3) is 0.389. The number of hydrogen-bond donors (Lipinski definition) is 0. The Hall–Kier alpha value is -2.52. The number of pyridine rings is 1. The van der Waals surface area contributed by atoms with Gasteiger partial charge in [0.05, 0.1) is 18.0 Å². The number of carbonyl (C=O) groups is 1. The number of rotatable bonds is 4. The fourth-order valence-electron chi connectivity index (χ4n) is 3.11. The van der Waals surface area contributed by atoms with Gasteiger partial charge < -0.3 is 9.64 Å². The Morgan fingerprint density at radius 1 is 1.19 bits per heavy atom. The molecule has 27 heavy (non-hydrogen) atoms. The number of ether oxygens (including phenoxy) is 1. The second kappa shape index (κ2) is 7.61. The Balaban J connectivity index is 1.49. The lowest BCUT2D eigenvalue weighted by Crippen LogP contribution is -2.48. The Bertz CT molecular complexity index is 937. The molecule has 1 aliphatic heterocycles. The van der Waals surface area contributed by atoms with E-state index in [2.05, 4.69) is 20.3 Å². The maximum atomic E-state index is 12.5. The molecule has 0 N–H and O–H groups in total. The first-order chi connectivity index (χ1) is 13.1. The molecule has 1 aliphatic rings. The zero-order chi connectivity index (χ0) is 18.8. The van der Waals surface area contributed by atoms with Crippen LogP contribution in [0.4, 0.5) is 0 Å². The average molecular weight is 384 g/mol. The van der Waals surface area contributed by atoms with Gasteiger partial charge >= 0.3 is 0 Å². The van der Waals surface area contributed by atoms with Crippen LogP contribution in [0.2, 0.25) is 0 Å². The summed E-state index contributed by atoms with van der Waals surface area (Å²) in [6.45, 7) is 5.24. The first kappa shape index (κ1) is 17.9. The molecule has 1 amide bonds. The summed E-state index contributed by atoms with van der Waals surface area (Å²) < 4.78 is 7.35. The molecule has 3 aromatic rings. The molecule has 0 saturated carbocycles. The van der Waals surface area contributed by atoms with E-state index in [0.717, 1.165) is 5.03 Å². The highest BCUT2D eigenvalue weighted by Gasteiger charge is 2.25. The molecule has 140 valence electrons. The minimum Gasteiger partial charge on any atom is -0.372 e. The molecule has 0 aliphatic carbocycles. The Morgan fingerprint density at radius 2 is 2.00 bits per heavy atom. The van der Waals surface area contributed by atoms with Gasteiger partial charge in [-0.1, -0.05) is 17.8 Å². The molecule has 2 unspecified atom stereocenters. The zero-order valence-corrected chi connectivity index (χ0v) is 16.0. The van der Waals surface area contributed by atoms with Gasteiger partial charge in [0.2, 0.25) is 11.7 Å². The van der Waals surface area contributed by atoms with Crippen LogP contribution < -0.4 is 0 Å². The van der Waals surface area contributed by atoms with Gasteiger partial charge in [0, 0.05) is 19.3 Å². The standard InChI is InChI=1S/C18H20N6O2S/c1-12-9-23(10-13(2)26-12)17(25)11-27-16-7-6-15-20-21-18(24(15)22-16)14-5-3-4-8-19-14/h3-8,12-13H,9-11H2,1-2H3. The van der Waals surface area contributed by atoms with Crippen LogP contribution >= 0.6 is 11.8 Å². The van der Waals surface area contributed by atoms with E-state index in [-0.39, 0.29) is 18.1 Å². The first-order valence-corrected chi connectivity index (χ1v) is 9.78. The SMILES string of the molecule is CC1CN(C(=O)CSc2ccc3nnc(-c4ccccn4)n3n2)CC(C)O1. The number of aromatic nitrogens is 5. The van der Waals surface area contributed by atoms with Gasteiger partial charge in [0.25, 0.3) is 0 Å². The van der Waals surface area contributed by atoms with E-state index in [9.17, 15) is 4.79 Å². The summed E-state index contributed by atoms with van der Waals surface area (Å²) in [6, 6.07) is 9.31. The highest BCUT2D eigenvalue weighted by molar-refractivity contribution is 7.99. The fourth-order valence-corrected chi connectivity index (χ4v) is 3.87. The number of nitrogens with zero attached hydrogens (tertiary/aromatic N) is 6. The van der Waals surface area contributed by atoms with Crippen molar-refractivity contribution in [2.24, 2.45) is 0 Å². The molecule has 9 heteroatoms. The molecule has 3 aromatic heterocycles. The Kier molecular flexibility index (Phi) is 5.04. The minimum atomic E-state index is 0.0649. The highest BCUT2D eigenvalue weighted by atomic mass is 32.2. The van der Waals surface area contributed by atoms with E-state index in [1.165, 1.54) is 11.8 Å². The third-order valence-corrected chi connectivity index (χ3v) is 5.15. The maximum absolute atomic E-state index is 12.5. The maximum Gasteiger partial charge on any atom is 0.233 e. The molecule has 0 spiro atoms. The van der Waals surface area contributed by atoms with Gasteiger partial charge in [-0.25, -0.2) is 0 Å². The second-order valence-electron chi connectivity index (χ2n) is 6.52. The molecular formula is C18H20N6O2S. The minimum absolute atomic E-state index is 0.0649. The van der Waals surface area contributed by atoms with Crippen LogP contribution in [0.1, 0.15) is 13.8 Å². The monoisotopic (exact) mass is 384 g/mol. The summed E-state index contributed by atoms with van der Waals surface area (Å²) in [5.74, 6) is 1.01. The van der Waals surface area contributed by atoms with Crippen LogP contribution in [0.5, 0.6) is 0 Å². The van der Waals surface area contributed by atoms with Gasteiger partial charge in [0.1, 0.15) is 10.7 Å². The summed E-state index contributed by atoms with van der Waals surface area (Å²) >= 11 is 1.41. The average Bonchev–Trinajstić information content (AvgIpc) is 3.09. The first-order valence-electron chi connectivity index (χ1n) is 8.80. The summed E-state index contributed by atoms with van der Waals surface area (Å²) in [7, 11) is 0. The van der Waals surface area contributed by atoms with Crippen molar-refractivity contribution in [1.82, 2.24) is 29.7 Å². The normalized spacial score (nSPS) is 20.1. The summed E-state index contributed by atoms with van der Waals surface area (Å²) in [5.41, 5.74) is 1.34. The van der Waals surface area contributed by atoms with Crippen molar-refractivity contribution >= 4 is 23.3 Å². The summed E-state index contributed by atoms with van der Waals surface area (Å²) in [6.07, 6.45) is 1.84. The Morgan fingerprint density at radius 3 is 2.74 bits per heavy atom. The largest absolute Gasteiger partial charge is 0.372 e. The molecule has 8 nitrogen and oxygen atoms in total. The van der Waals surface area contributed by atoms with E-state index >= 15 is 0 Å². The van der Waals surface area contributed by atoms with Crippen LogP contribution in [-0.2, 0) is 9.53 Å². The van der Waals surface area contributed by atoms with Crippen molar-refractivity contribution < 1.29 is 9.53 Å². The predicted octanol–water partition coefficient (Wildman–Crippen LogP) is 1.91. The zero-order valence-electron chi connectivity index (χ0n) is 15.1. The lowest BCUT2D eigenvalue weighted by atomic mass is 10.2. The van der Waals surface area contributed by atoms with Crippen molar-refractivity contribution in [2.75, 3.05) is 18.8 Å². The quantitative estimate of drug-likeness (QED) is 0.635. The molecule has 0 radical (unpaired) electrons. The van der Waals surface area contributed by atoms with E-state index in [1.807, 2.05) is 49.1 Å². The van der Waals surface area contributed by atoms with Crippen LogP contribution in [-0.4, -0.2) is 66.7 Å². The van der Waals surface area contributed by atoms with Gasteiger partial charge in [-0.3, -0.25) is 9.78 Å². The molecule has 1 fully saturated rings. The topological polar surface area (TPSA) is 85.5 Å². The van der Waals surface area contributed by atoms with Gasteiger partial charge in [-0.15, -0.1) is 10.2 Å². The lowest BCUT2D eigenvalue weighted by molar-refractivity contribution is -0.140. The second-order valence-corrected chi connectivity index (χ2v) is 7.52.